The van der Waals surface area contributed by atoms with E-state index in [1.807, 2.05) is 0 Å². The van der Waals surface area contributed by atoms with E-state index in [1.165, 1.54) is 25.7 Å². The molecular formula is C12H24O4S4Sn. The molecule has 0 saturated heterocycles. The second kappa shape index (κ2) is 21.1. The van der Waals surface area contributed by atoms with Crippen LogP contribution in [0.15, 0.2) is 0 Å². The molecule has 0 aromatic rings. The van der Waals surface area contributed by atoms with Crippen LogP contribution in [-0.2, 0) is 9.59 Å². The van der Waals surface area contributed by atoms with Crippen LogP contribution < -0.4 is 10.2 Å². The molecule has 4 nitrogen and oxygen atoms in total. The summed E-state index contributed by atoms with van der Waals surface area (Å²) in [5.41, 5.74) is 0. The molecule has 0 aromatic carbocycles. The van der Waals surface area contributed by atoms with Gasteiger partial charge < -0.3 is 19.8 Å². The minimum atomic E-state index is -1.26. The zero-order chi connectivity index (χ0) is 17.3. The average molecular weight is 479 g/mol. The number of hydrogen-bond acceptors (Lipinski definition) is 8. The molecule has 0 rings (SSSR count). The molecule has 0 fully saturated rings. The zero-order valence-corrected chi connectivity index (χ0v) is 18.8. The minimum Gasteiger partial charge on any atom is -0.548 e. The van der Waals surface area contributed by atoms with Gasteiger partial charge in [-0.1, -0.05) is 0 Å². The molecule has 9 heteroatoms. The van der Waals surface area contributed by atoms with Gasteiger partial charge in [-0.3, -0.25) is 0 Å². The maximum Gasteiger partial charge on any atom is 0.0836 e. The van der Waals surface area contributed by atoms with Gasteiger partial charge in [-0.15, -0.1) is 0 Å². The number of carboxylic acid groups (broad SMARTS) is 2. The number of carbonyl (C=O) groups is 2. The molecule has 0 aromatic heterocycles. The molecule has 0 atom stereocenters. The van der Waals surface area contributed by atoms with E-state index in [-0.39, 0.29) is 21.1 Å². The van der Waals surface area contributed by atoms with E-state index in [2.05, 4.69) is 64.4 Å². The van der Waals surface area contributed by atoms with Crippen molar-refractivity contribution in [3.05, 3.63) is 0 Å². The van der Waals surface area contributed by atoms with Gasteiger partial charge in [0.05, 0.1) is 21.1 Å². The SMILES string of the molecule is CCC[CH2][Sn+2][CH2]CCC.O=C([O-])C(S)S.O=C([O-])C(S)S. The van der Waals surface area contributed by atoms with Crippen LogP contribution in [0.4, 0.5) is 0 Å². The summed E-state index contributed by atoms with van der Waals surface area (Å²) in [6.45, 7) is 4.58. The third-order valence-electron chi connectivity index (χ3n) is 1.84. The molecule has 0 unspecified atom stereocenters. The Labute approximate surface area is 160 Å². The van der Waals surface area contributed by atoms with Gasteiger partial charge in [0, 0.05) is 0 Å². The molecule has 124 valence electrons. The van der Waals surface area contributed by atoms with Gasteiger partial charge in [-0.2, -0.15) is 50.5 Å². The van der Waals surface area contributed by atoms with Crippen LogP contribution in [0, 0.1) is 0 Å². The Morgan fingerprint density at radius 2 is 1.10 bits per heavy atom. The monoisotopic (exact) mass is 480 g/mol. The third-order valence-corrected chi connectivity index (χ3v) is 6.72. The Morgan fingerprint density at radius 3 is 1.24 bits per heavy atom. The number of thiol groups is 4. The molecule has 0 heterocycles. The maximum absolute atomic E-state index is 9.44. The Kier molecular flexibility index (Phi) is 27.2. The van der Waals surface area contributed by atoms with Crippen molar-refractivity contribution in [3.8, 4) is 0 Å². The van der Waals surface area contributed by atoms with E-state index in [9.17, 15) is 19.8 Å². The van der Waals surface area contributed by atoms with Crippen LogP contribution in [-0.4, -0.2) is 42.2 Å². The van der Waals surface area contributed by atoms with E-state index >= 15 is 0 Å². The second-order valence-corrected chi connectivity index (χ2v) is 11.0. The van der Waals surface area contributed by atoms with Gasteiger partial charge >= 0.3 is 69.5 Å². The molecule has 0 radical (unpaired) electrons. The normalized spacial score (nSPS) is 9.14. The van der Waals surface area contributed by atoms with Gasteiger partial charge in [0.15, 0.2) is 0 Å². The molecule has 21 heavy (non-hydrogen) atoms. The first-order valence-corrected chi connectivity index (χ1v) is 12.6. The summed E-state index contributed by atoms with van der Waals surface area (Å²) in [6, 6.07) is 0. The van der Waals surface area contributed by atoms with Crippen molar-refractivity contribution < 1.29 is 19.8 Å². The molecule has 0 spiro atoms. The number of carboxylic acids is 2. The van der Waals surface area contributed by atoms with Gasteiger partial charge in [-0.25, -0.2) is 0 Å². The fraction of sp³-hybridized carbons (Fsp3) is 0.833. The van der Waals surface area contributed by atoms with E-state index in [0.29, 0.717) is 0 Å². The predicted octanol–water partition coefficient (Wildman–Crippen LogP) is 0.971. The Hall–Kier alpha value is 1.14. The van der Waals surface area contributed by atoms with Gasteiger partial charge in [0.2, 0.25) is 0 Å². The quantitative estimate of drug-likeness (QED) is 0.181. The van der Waals surface area contributed by atoms with Crippen molar-refractivity contribution in [2.75, 3.05) is 0 Å². The first-order valence-electron chi connectivity index (χ1n) is 6.55. The number of aliphatic carboxylic acids is 2. The molecule has 0 N–H and O–H groups in total. The van der Waals surface area contributed by atoms with E-state index < -0.39 is 21.1 Å². The van der Waals surface area contributed by atoms with Crippen LogP contribution in [0.25, 0.3) is 0 Å². The first kappa shape index (κ1) is 27.0. The van der Waals surface area contributed by atoms with Crippen molar-refractivity contribution in [2.24, 2.45) is 0 Å². The maximum atomic E-state index is 9.44. The fourth-order valence-electron chi connectivity index (χ4n) is 0.729. The summed E-state index contributed by atoms with van der Waals surface area (Å²) in [6.07, 6.45) is 5.84. The Bertz CT molecular complexity index is 229. The van der Waals surface area contributed by atoms with Gasteiger partial charge in [0.25, 0.3) is 0 Å². The Balaban J connectivity index is -0.000000240. The largest absolute Gasteiger partial charge is 0.548 e. The smallest absolute Gasteiger partial charge is 0.0836 e. The molecule has 0 aliphatic rings. The minimum absolute atomic E-state index is 0.149. The third kappa shape index (κ3) is 33.8. The Morgan fingerprint density at radius 1 is 0.857 bits per heavy atom. The van der Waals surface area contributed by atoms with E-state index in [0.717, 1.165) is 0 Å². The van der Waals surface area contributed by atoms with Crippen molar-refractivity contribution in [1.82, 2.24) is 0 Å². The van der Waals surface area contributed by atoms with Gasteiger partial charge in [0.1, 0.15) is 0 Å². The summed E-state index contributed by atoms with van der Waals surface area (Å²) < 4.78 is 1.34. The molecule has 0 aliphatic heterocycles. The first-order chi connectivity index (χ1) is 9.70. The fourth-order valence-corrected chi connectivity index (χ4v) is 4.89. The van der Waals surface area contributed by atoms with Crippen LogP contribution in [0.2, 0.25) is 8.87 Å². The van der Waals surface area contributed by atoms with Gasteiger partial charge in [-0.05, 0) is 0 Å². The summed E-state index contributed by atoms with van der Waals surface area (Å²) in [5.74, 6) is -2.52. The number of unbranched alkanes of at least 4 members (excludes halogenated alkanes) is 2. The number of carbonyl (C=O) groups excluding carboxylic acids is 2. The van der Waals surface area contributed by atoms with Crippen LogP contribution in [0.5, 0.6) is 0 Å². The zero-order valence-electron chi connectivity index (χ0n) is 12.3. The van der Waals surface area contributed by atoms with Crippen molar-refractivity contribution >= 4 is 83.6 Å². The van der Waals surface area contributed by atoms with Crippen molar-refractivity contribution in [1.29, 1.82) is 0 Å². The van der Waals surface area contributed by atoms with Crippen molar-refractivity contribution in [3.63, 3.8) is 0 Å². The number of hydrogen-bond donors (Lipinski definition) is 4. The van der Waals surface area contributed by atoms with E-state index in [1.54, 1.807) is 8.87 Å². The van der Waals surface area contributed by atoms with Crippen LogP contribution >= 0.6 is 50.5 Å². The van der Waals surface area contributed by atoms with Crippen LogP contribution in [0.1, 0.15) is 39.5 Å². The summed E-state index contributed by atoms with van der Waals surface area (Å²) in [4.78, 5) is 18.9. The summed E-state index contributed by atoms with van der Waals surface area (Å²) in [7, 11) is 0. The molecule has 0 saturated carbocycles. The molecular weight excluding hydrogens is 455 g/mol. The molecule has 0 bridgehead atoms. The topological polar surface area (TPSA) is 80.3 Å². The summed E-state index contributed by atoms with van der Waals surface area (Å²) in [5, 5.41) is 18.9. The van der Waals surface area contributed by atoms with E-state index in [4.69, 9.17) is 0 Å². The molecule has 0 amide bonds. The average Bonchev–Trinajstić information content (AvgIpc) is 2.40. The molecule has 0 aliphatic carbocycles. The van der Waals surface area contributed by atoms with Crippen molar-refractivity contribution in [2.45, 2.75) is 57.6 Å². The number of rotatable bonds is 8. The summed E-state index contributed by atoms with van der Waals surface area (Å²) >= 11 is 13.7. The van der Waals surface area contributed by atoms with Crippen LogP contribution in [0.3, 0.4) is 0 Å². The standard InChI is InChI=1S/2C4H9.2C2H4O2S2.Sn/c2*1-3-4-2;2*3-1(4)2(5)6;/h2*1,3-4H2,2H3;2*2,5-6H,(H,3,4);/q;;;;+2/p-2. The predicted molar refractivity (Wildman–Crippen MR) is 98.7 cm³/mol. The second-order valence-electron chi connectivity index (χ2n) is 3.84.